The molecule has 0 saturated carbocycles. The van der Waals surface area contributed by atoms with Crippen molar-refractivity contribution in [3.63, 3.8) is 0 Å². The molecule has 0 unspecified atom stereocenters. The molecule has 3 nitrogen and oxygen atoms in total. The van der Waals surface area contributed by atoms with Crippen LogP contribution >= 0.6 is 0 Å². The van der Waals surface area contributed by atoms with E-state index in [9.17, 15) is 0 Å². The average molecular weight is 375 g/mol. The lowest BCUT2D eigenvalue weighted by Crippen LogP contribution is -2.03. The number of rotatable bonds is 15. The van der Waals surface area contributed by atoms with Gasteiger partial charge in [0.15, 0.2) is 0 Å². The van der Waals surface area contributed by atoms with Gasteiger partial charge in [0, 0.05) is 12.7 Å². The molecule has 0 aliphatic carbocycles. The number of aryl methyl sites for hydroxylation is 2. The van der Waals surface area contributed by atoms with Gasteiger partial charge in [-0.1, -0.05) is 103 Å². The van der Waals surface area contributed by atoms with Crippen LogP contribution in [0.25, 0.3) is 0 Å². The Bertz CT molecular complexity index is 483. The number of aromatic nitrogens is 3. The van der Waals surface area contributed by atoms with Gasteiger partial charge in [0.05, 0.1) is 5.69 Å². The van der Waals surface area contributed by atoms with Crippen molar-refractivity contribution in [2.45, 2.75) is 130 Å². The molecule has 1 aromatic heterocycles. The average Bonchev–Trinajstić information content (AvgIpc) is 2.99. The van der Waals surface area contributed by atoms with E-state index in [4.69, 9.17) is 0 Å². The molecule has 1 heterocycles. The Kier molecular flexibility index (Phi) is 11.3. The predicted octanol–water partition coefficient (Wildman–Crippen LogP) is 6.38. The summed E-state index contributed by atoms with van der Waals surface area (Å²) in [5, 5.41) is 9.08. The minimum atomic E-state index is 0.448. The Balaban J connectivity index is 1.96. The fraction of sp³-hybridized carbons (Fsp3) is 0.913. The Morgan fingerprint density at radius 3 is 1.93 bits per heavy atom. The molecular weight excluding hydrogens is 329 g/mol. The van der Waals surface area contributed by atoms with Gasteiger partial charge >= 0.3 is 0 Å². The lowest BCUT2D eigenvalue weighted by molar-refractivity contribution is 0.356. The zero-order chi connectivity index (χ0) is 20.2. The Morgan fingerprint density at radius 1 is 0.778 bits per heavy atom. The van der Waals surface area contributed by atoms with Gasteiger partial charge in [-0.05, 0) is 31.1 Å². The van der Waals surface area contributed by atoms with E-state index in [1.54, 1.807) is 0 Å². The maximum atomic E-state index is 4.34. The topological polar surface area (TPSA) is 30.7 Å². The van der Waals surface area contributed by atoms with E-state index in [1.165, 1.54) is 82.7 Å². The lowest BCUT2D eigenvalue weighted by Gasteiger charge is -2.17. The highest BCUT2D eigenvalue weighted by Gasteiger charge is 2.10. The Hall–Kier alpha value is -0.795. The largest absolute Gasteiger partial charge is 0.252 e. The first-order valence-electron chi connectivity index (χ1n) is 11.5. The molecule has 0 saturated heterocycles. The van der Waals surface area contributed by atoms with E-state index in [0.29, 0.717) is 10.7 Å². The molecule has 0 spiro atoms. The molecule has 1 aromatic rings. The van der Waals surface area contributed by atoms with Crippen molar-refractivity contribution in [3.05, 3.63) is 11.9 Å². The monoisotopic (exact) mass is 375 g/mol. The van der Waals surface area contributed by atoms with E-state index >= 15 is 0 Å². The molecule has 0 aliphatic rings. The van der Waals surface area contributed by atoms with Gasteiger partial charge in [0.1, 0.15) is 7.85 Å². The van der Waals surface area contributed by atoms with Gasteiger partial charge in [-0.3, -0.25) is 4.68 Å². The normalized spacial score (nSPS) is 12.6. The first kappa shape index (κ1) is 24.2. The van der Waals surface area contributed by atoms with Crippen LogP contribution in [0.2, 0.25) is 5.31 Å². The Morgan fingerprint density at radius 2 is 1.33 bits per heavy atom. The second kappa shape index (κ2) is 12.6. The summed E-state index contributed by atoms with van der Waals surface area (Å²) in [7, 11) is 2.32. The summed E-state index contributed by atoms with van der Waals surface area (Å²) in [6, 6.07) is 0. The summed E-state index contributed by atoms with van der Waals surface area (Å²) in [4.78, 5) is 0. The van der Waals surface area contributed by atoms with Crippen molar-refractivity contribution in [2.24, 2.45) is 5.41 Å². The molecule has 0 aromatic carbocycles. The van der Waals surface area contributed by atoms with Gasteiger partial charge in [0.25, 0.3) is 0 Å². The molecule has 156 valence electrons. The van der Waals surface area contributed by atoms with E-state index in [2.05, 4.69) is 59.0 Å². The molecule has 27 heavy (non-hydrogen) atoms. The highest BCUT2D eigenvalue weighted by atomic mass is 15.4. The summed E-state index contributed by atoms with van der Waals surface area (Å²) < 4.78 is 2.05. The minimum Gasteiger partial charge on any atom is -0.252 e. The van der Waals surface area contributed by atoms with E-state index < -0.39 is 0 Å². The van der Waals surface area contributed by atoms with Crippen LogP contribution in [0.15, 0.2) is 6.20 Å². The third-order valence-corrected chi connectivity index (χ3v) is 5.26. The fourth-order valence-corrected chi connectivity index (χ4v) is 3.51. The summed E-state index contributed by atoms with van der Waals surface area (Å²) in [5.41, 5.74) is 1.67. The molecular formula is C23H46BN3. The molecule has 0 aliphatic heterocycles. The molecule has 0 bridgehead atoms. The van der Waals surface area contributed by atoms with Crippen LogP contribution in [0.5, 0.6) is 0 Å². The maximum Gasteiger partial charge on any atom is 0.108 e. The summed E-state index contributed by atoms with van der Waals surface area (Å²) in [5.74, 6) is 0. The summed E-state index contributed by atoms with van der Waals surface area (Å²) in [6.07, 6.45) is 19.4. The van der Waals surface area contributed by atoms with Crippen molar-refractivity contribution in [1.82, 2.24) is 15.0 Å². The molecule has 0 atom stereocenters. The number of hydrogen-bond donors (Lipinski definition) is 0. The summed E-state index contributed by atoms with van der Waals surface area (Å²) in [6.45, 7) is 12.7. The van der Waals surface area contributed by atoms with Crippen LogP contribution in [-0.2, 0) is 13.0 Å². The van der Waals surface area contributed by atoms with Crippen LogP contribution < -0.4 is 0 Å². The Labute approximate surface area is 170 Å². The maximum absolute atomic E-state index is 4.34. The number of unbranched alkanes of at least 4 members (excludes halogenated alkanes) is 8. The van der Waals surface area contributed by atoms with Crippen LogP contribution in [0.3, 0.4) is 0 Å². The third kappa shape index (κ3) is 14.9. The summed E-state index contributed by atoms with van der Waals surface area (Å²) >= 11 is 0. The standard InChI is InChI=1S/C23H46BN3/c1-22(2,3)17-13-10-8-6-7-9-11-15-19-27-20-21(25-26-27)16-12-14-18-23(4,5)24/h20H,6-19,24H2,1-5H3. The molecule has 4 heteroatoms. The van der Waals surface area contributed by atoms with Gasteiger partial charge < -0.3 is 0 Å². The molecule has 0 N–H and O–H groups in total. The SMILES string of the molecule is BC(C)(C)CCCCc1cn(CCCCCCCCCCC(C)(C)C)nn1. The lowest BCUT2D eigenvalue weighted by atomic mass is 9.69. The minimum absolute atomic E-state index is 0.448. The molecule has 0 radical (unpaired) electrons. The van der Waals surface area contributed by atoms with E-state index in [0.717, 1.165) is 13.0 Å². The second-order valence-electron chi connectivity index (χ2n) is 10.9. The first-order valence-corrected chi connectivity index (χ1v) is 11.5. The van der Waals surface area contributed by atoms with Crippen molar-refractivity contribution < 1.29 is 0 Å². The van der Waals surface area contributed by atoms with Crippen molar-refractivity contribution in [1.29, 1.82) is 0 Å². The molecule has 0 fully saturated rings. The number of hydrogen-bond acceptors (Lipinski definition) is 2. The second-order valence-corrected chi connectivity index (χ2v) is 10.9. The zero-order valence-electron chi connectivity index (χ0n) is 19.3. The zero-order valence-corrected chi connectivity index (χ0v) is 19.3. The van der Waals surface area contributed by atoms with Crippen molar-refractivity contribution in [3.8, 4) is 0 Å². The smallest absolute Gasteiger partial charge is 0.108 e. The van der Waals surface area contributed by atoms with Crippen LogP contribution in [0.1, 0.15) is 117 Å². The van der Waals surface area contributed by atoms with Crippen LogP contribution in [0.4, 0.5) is 0 Å². The van der Waals surface area contributed by atoms with E-state index in [-0.39, 0.29) is 0 Å². The van der Waals surface area contributed by atoms with E-state index in [1.807, 2.05) is 4.68 Å². The highest BCUT2D eigenvalue weighted by Crippen LogP contribution is 2.26. The van der Waals surface area contributed by atoms with Gasteiger partial charge in [-0.25, -0.2) is 0 Å². The predicted molar refractivity (Wildman–Crippen MR) is 121 cm³/mol. The molecule has 1 rings (SSSR count). The van der Waals surface area contributed by atoms with Gasteiger partial charge in [0.2, 0.25) is 0 Å². The van der Waals surface area contributed by atoms with Crippen molar-refractivity contribution >= 4 is 7.85 Å². The highest BCUT2D eigenvalue weighted by molar-refractivity contribution is 6.14. The van der Waals surface area contributed by atoms with Crippen LogP contribution in [0, 0.1) is 5.41 Å². The quantitative estimate of drug-likeness (QED) is 0.263. The molecule has 0 amide bonds. The fourth-order valence-electron chi connectivity index (χ4n) is 3.51. The van der Waals surface area contributed by atoms with Crippen LogP contribution in [-0.4, -0.2) is 22.8 Å². The number of nitrogens with zero attached hydrogens (tertiary/aromatic N) is 3. The third-order valence-electron chi connectivity index (χ3n) is 5.26. The van der Waals surface area contributed by atoms with Gasteiger partial charge in [-0.15, -0.1) is 5.10 Å². The van der Waals surface area contributed by atoms with Crippen molar-refractivity contribution in [2.75, 3.05) is 0 Å². The van der Waals surface area contributed by atoms with Gasteiger partial charge in [-0.2, -0.15) is 0 Å². The first-order chi connectivity index (χ1) is 12.7.